The first-order chi connectivity index (χ1) is 12.1. The van der Waals surface area contributed by atoms with E-state index in [-0.39, 0.29) is 12.6 Å². The summed E-state index contributed by atoms with van der Waals surface area (Å²) in [6, 6.07) is 10.7. The van der Waals surface area contributed by atoms with Crippen molar-refractivity contribution in [3.05, 3.63) is 59.9 Å². The molecule has 5 nitrogen and oxygen atoms in total. The summed E-state index contributed by atoms with van der Waals surface area (Å²) >= 11 is 0. The number of carbonyl (C=O) groups is 1. The van der Waals surface area contributed by atoms with Gasteiger partial charge in [0.1, 0.15) is 10.7 Å². The van der Waals surface area contributed by atoms with Gasteiger partial charge < -0.3 is 10.6 Å². The van der Waals surface area contributed by atoms with E-state index in [4.69, 9.17) is 0 Å². The van der Waals surface area contributed by atoms with Crippen molar-refractivity contribution in [2.24, 2.45) is 0 Å². The highest BCUT2D eigenvalue weighted by atomic mass is 32.2. The van der Waals surface area contributed by atoms with Crippen LogP contribution in [0.4, 0.5) is 23.2 Å². The fraction of sp³-hybridized carbons (Fsp3) is 0.188. The Morgan fingerprint density at radius 1 is 1.04 bits per heavy atom. The average Bonchev–Trinajstić information content (AvgIpc) is 2.58. The number of amides is 1. The zero-order valence-corrected chi connectivity index (χ0v) is 14.0. The summed E-state index contributed by atoms with van der Waals surface area (Å²) in [4.78, 5) is 10.5. The predicted octanol–water partition coefficient (Wildman–Crippen LogP) is 2.85. The van der Waals surface area contributed by atoms with Gasteiger partial charge >= 0.3 is 5.51 Å². The molecule has 26 heavy (non-hydrogen) atoms. The number of carbonyl (C=O) groups excluding carboxylic acids is 1. The van der Waals surface area contributed by atoms with Gasteiger partial charge in [0, 0.05) is 6.54 Å². The lowest BCUT2D eigenvalue weighted by Gasteiger charge is -2.14. The van der Waals surface area contributed by atoms with E-state index in [1.165, 1.54) is 0 Å². The number of hydrogen-bond acceptors (Lipinski definition) is 4. The summed E-state index contributed by atoms with van der Waals surface area (Å²) in [6.45, 7) is -0.294. The van der Waals surface area contributed by atoms with Crippen LogP contribution in [-0.2, 0) is 21.2 Å². The van der Waals surface area contributed by atoms with Crippen molar-refractivity contribution in [2.75, 3.05) is 11.9 Å². The Morgan fingerprint density at radius 2 is 1.69 bits per heavy atom. The molecule has 140 valence electrons. The molecule has 0 aliphatic heterocycles. The molecule has 10 heteroatoms. The van der Waals surface area contributed by atoms with Gasteiger partial charge in [-0.1, -0.05) is 30.3 Å². The molecule has 0 aliphatic rings. The van der Waals surface area contributed by atoms with Gasteiger partial charge in [0.25, 0.3) is 9.84 Å². The van der Waals surface area contributed by atoms with Gasteiger partial charge in [0.05, 0.1) is 12.2 Å². The molecule has 1 amide bonds. The molecular weight excluding hydrogens is 376 g/mol. The Morgan fingerprint density at radius 3 is 2.31 bits per heavy atom. The summed E-state index contributed by atoms with van der Waals surface area (Å²) in [5.74, 6) is -1.72. The Bertz CT molecular complexity index is 884. The van der Waals surface area contributed by atoms with Crippen LogP contribution in [0.3, 0.4) is 0 Å². The number of anilines is 1. The van der Waals surface area contributed by atoms with Gasteiger partial charge in [0.2, 0.25) is 5.91 Å². The Hall–Kier alpha value is -2.62. The smallest absolute Gasteiger partial charge is 0.375 e. The first-order valence-electron chi connectivity index (χ1n) is 7.26. The number of sulfone groups is 1. The lowest BCUT2D eigenvalue weighted by molar-refractivity contribution is -0.119. The molecule has 0 heterocycles. The Balaban J connectivity index is 2.09. The standard InChI is InChI=1S/C16H14F4N2O3S/c17-12-6-7-13(14(8-12)26(24,25)16(18,19)20)21-10-15(23)22-9-11-4-2-1-3-5-11/h1-8,21H,9-10H2,(H,22,23). The molecule has 0 saturated carbocycles. The molecule has 0 fully saturated rings. The van der Waals surface area contributed by atoms with Crippen molar-refractivity contribution in [3.63, 3.8) is 0 Å². The van der Waals surface area contributed by atoms with E-state index in [2.05, 4.69) is 10.6 Å². The molecule has 0 radical (unpaired) electrons. The van der Waals surface area contributed by atoms with Gasteiger partial charge in [-0.2, -0.15) is 13.2 Å². The van der Waals surface area contributed by atoms with Crippen LogP contribution in [0, 0.1) is 5.82 Å². The minimum atomic E-state index is -5.77. The Labute approximate surface area is 146 Å². The first kappa shape index (κ1) is 19.7. The van der Waals surface area contributed by atoms with Crippen LogP contribution in [0.5, 0.6) is 0 Å². The highest BCUT2D eigenvalue weighted by Gasteiger charge is 2.48. The molecule has 2 N–H and O–H groups in total. The van der Waals surface area contributed by atoms with E-state index in [1.54, 1.807) is 30.3 Å². The highest BCUT2D eigenvalue weighted by molar-refractivity contribution is 7.92. The lowest BCUT2D eigenvalue weighted by atomic mass is 10.2. The number of halogens is 4. The maximum Gasteiger partial charge on any atom is 0.501 e. The average molecular weight is 390 g/mol. The SMILES string of the molecule is O=C(CNc1ccc(F)cc1S(=O)(=O)C(F)(F)F)NCc1ccccc1. The van der Waals surface area contributed by atoms with Gasteiger partial charge in [0.15, 0.2) is 0 Å². The predicted molar refractivity (Wildman–Crippen MR) is 86.4 cm³/mol. The van der Waals surface area contributed by atoms with Crippen LogP contribution in [0.2, 0.25) is 0 Å². The Kier molecular flexibility index (Phi) is 5.86. The van der Waals surface area contributed by atoms with Crippen LogP contribution in [-0.4, -0.2) is 26.4 Å². The third kappa shape index (κ3) is 4.72. The minimum absolute atomic E-state index is 0.193. The van der Waals surface area contributed by atoms with E-state index in [0.29, 0.717) is 0 Å². The highest BCUT2D eigenvalue weighted by Crippen LogP contribution is 2.34. The number of nitrogens with one attached hydrogen (secondary N) is 2. The maximum atomic E-state index is 13.2. The molecular formula is C16H14F4N2O3S. The number of rotatable bonds is 6. The molecule has 0 aromatic heterocycles. The van der Waals surface area contributed by atoms with Crippen LogP contribution < -0.4 is 10.6 Å². The second-order valence-electron chi connectivity index (χ2n) is 5.21. The summed E-state index contributed by atoms with van der Waals surface area (Å²) in [5.41, 5.74) is -5.30. The van der Waals surface area contributed by atoms with Gasteiger partial charge in [-0.05, 0) is 23.8 Å². The molecule has 2 aromatic carbocycles. The summed E-state index contributed by atoms with van der Waals surface area (Å²) in [7, 11) is -5.77. The van der Waals surface area contributed by atoms with Crippen molar-refractivity contribution in [1.29, 1.82) is 0 Å². The number of alkyl halides is 3. The van der Waals surface area contributed by atoms with E-state index in [0.717, 1.165) is 17.7 Å². The van der Waals surface area contributed by atoms with E-state index in [1.807, 2.05) is 0 Å². The molecule has 0 saturated heterocycles. The summed E-state index contributed by atoms with van der Waals surface area (Å²) in [6.07, 6.45) is 0. The maximum absolute atomic E-state index is 13.2. The van der Waals surface area contributed by atoms with Crippen molar-refractivity contribution >= 4 is 21.4 Å². The quantitative estimate of drug-likeness (QED) is 0.744. The largest absolute Gasteiger partial charge is 0.501 e. The van der Waals surface area contributed by atoms with E-state index in [9.17, 15) is 30.8 Å². The molecule has 0 spiro atoms. The zero-order chi connectivity index (χ0) is 19.4. The second-order valence-corrected chi connectivity index (χ2v) is 7.12. The van der Waals surface area contributed by atoms with Gasteiger partial charge in [-0.3, -0.25) is 4.79 Å². The van der Waals surface area contributed by atoms with Crippen molar-refractivity contribution in [2.45, 2.75) is 16.9 Å². The second kappa shape index (κ2) is 7.73. The molecule has 0 unspecified atom stereocenters. The molecule has 2 aromatic rings. The van der Waals surface area contributed by atoms with Crippen LogP contribution in [0.1, 0.15) is 5.56 Å². The van der Waals surface area contributed by atoms with Crippen molar-refractivity contribution in [1.82, 2.24) is 5.32 Å². The van der Waals surface area contributed by atoms with Crippen LogP contribution in [0.15, 0.2) is 53.4 Å². The zero-order valence-electron chi connectivity index (χ0n) is 13.2. The van der Waals surface area contributed by atoms with Crippen molar-refractivity contribution in [3.8, 4) is 0 Å². The first-order valence-corrected chi connectivity index (χ1v) is 8.75. The topological polar surface area (TPSA) is 75.3 Å². The minimum Gasteiger partial charge on any atom is -0.375 e. The molecule has 2 rings (SSSR count). The molecule has 0 bridgehead atoms. The van der Waals surface area contributed by atoms with Crippen molar-refractivity contribution < 1.29 is 30.8 Å². The summed E-state index contributed by atoms with van der Waals surface area (Å²) in [5, 5.41) is 4.82. The van der Waals surface area contributed by atoms with Crippen LogP contribution >= 0.6 is 0 Å². The van der Waals surface area contributed by atoms with E-state index >= 15 is 0 Å². The molecule has 0 aliphatic carbocycles. The monoisotopic (exact) mass is 390 g/mol. The van der Waals surface area contributed by atoms with Gasteiger partial charge in [-0.15, -0.1) is 0 Å². The molecule has 0 atom stereocenters. The number of hydrogen-bond donors (Lipinski definition) is 2. The van der Waals surface area contributed by atoms with Gasteiger partial charge in [-0.25, -0.2) is 12.8 Å². The summed E-state index contributed by atoms with van der Waals surface area (Å²) < 4.78 is 74.5. The fourth-order valence-electron chi connectivity index (χ4n) is 2.02. The number of benzene rings is 2. The third-order valence-electron chi connectivity index (χ3n) is 3.31. The normalized spacial score (nSPS) is 11.8. The fourth-order valence-corrected chi connectivity index (χ4v) is 2.97. The van der Waals surface area contributed by atoms with Crippen LogP contribution in [0.25, 0.3) is 0 Å². The lowest BCUT2D eigenvalue weighted by Crippen LogP contribution is -2.30. The third-order valence-corrected chi connectivity index (χ3v) is 4.84. The van der Waals surface area contributed by atoms with E-state index < -0.39 is 44.2 Å².